The maximum atomic E-state index is 9.37. The van der Waals surface area contributed by atoms with Crippen molar-refractivity contribution in [2.24, 2.45) is 0 Å². The van der Waals surface area contributed by atoms with Crippen molar-refractivity contribution in [1.29, 1.82) is 0 Å². The number of aliphatic carboxylic acids is 1. The van der Waals surface area contributed by atoms with Crippen LogP contribution in [0.5, 0.6) is 0 Å². The van der Waals surface area contributed by atoms with Gasteiger partial charge in [-0.25, -0.2) is 0 Å². The Morgan fingerprint density at radius 1 is 1.50 bits per heavy atom. The Hall–Kier alpha value is -0.990. The number of hydrogen-bond acceptors (Lipinski definition) is 3. The summed E-state index contributed by atoms with van der Waals surface area (Å²) in [5.74, 6) is -2.93. The molecule has 34 valence electrons. The molecule has 0 heterocycles. The second-order valence-electron chi connectivity index (χ2n) is 0.711. The van der Waals surface area contributed by atoms with E-state index in [1.165, 1.54) is 0 Å². The van der Waals surface area contributed by atoms with Gasteiger partial charge in [0.05, 0.1) is 5.97 Å². The Kier molecular flexibility index (Phi) is 1.21. The molecular weight excluding hydrogens is 84.0 g/mol. The van der Waals surface area contributed by atoms with Gasteiger partial charge in [-0.1, -0.05) is 5.76 Å². The molecule has 0 aliphatic heterocycles. The smallest absolute Gasteiger partial charge is 0.0558 e. The van der Waals surface area contributed by atoms with Crippen LogP contribution in [0, 0.1) is 0 Å². The number of carboxylic acid groups (broad SMARTS) is 1. The Morgan fingerprint density at radius 3 is 1.67 bits per heavy atom. The minimum absolute atomic E-state index is 1.19. The zero-order chi connectivity index (χ0) is 5.15. The van der Waals surface area contributed by atoms with Gasteiger partial charge in [-0.05, 0) is 0 Å². The Labute approximate surface area is 34.5 Å². The summed E-state index contributed by atoms with van der Waals surface area (Å²) < 4.78 is 0. The van der Waals surface area contributed by atoms with Crippen molar-refractivity contribution in [3.63, 3.8) is 0 Å². The zero-order valence-corrected chi connectivity index (χ0v) is 2.93. The molecule has 0 aromatic heterocycles. The quantitative estimate of drug-likeness (QED) is 0.264. The van der Waals surface area contributed by atoms with Crippen molar-refractivity contribution < 1.29 is 15.0 Å². The molecular formula is C3H2O3-2. The summed E-state index contributed by atoms with van der Waals surface area (Å²) in [4.78, 5) is 9.18. The first-order valence-corrected chi connectivity index (χ1v) is 1.22. The van der Waals surface area contributed by atoms with Crippen LogP contribution in [0.2, 0.25) is 0 Å². The fourth-order valence-corrected chi connectivity index (χ4v) is 0. The highest BCUT2D eigenvalue weighted by molar-refractivity contribution is 5.80. The van der Waals surface area contributed by atoms with Crippen molar-refractivity contribution in [1.82, 2.24) is 0 Å². The van der Waals surface area contributed by atoms with Crippen LogP contribution < -0.4 is 10.2 Å². The van der Waals surface area contributed by atoms with Crippen LogP contribution in [0.4, 0.5) is 0 Å². The van der Waals surface area contributed by atoms with E-state index in [-0.39, 0.29) is 0 Å². The van der Waals surface area contributed by atoms with Crippen molar-refractivity contribution in [3.8, 4) is 0 Å². The average Bonchev–Trinajstić information content (AvgIpc) is 1.36. The van der Waals surface area contributed by atoms with E-state index >= 15 is 0 Å². The highest BCUT2D eigenvalue weighted by Gasteiger charge is 1.66. The topological polar surface area (TPSA) is 63.2 Å². The molecule has 0 bridgehead atoms. The molecule has 0 spiro atoms. The second-order valence-corrected chi connectivity index (χ2v) is 0.711. The third kappa shape index (κ3) is 1.34. The van der Waals surface area contributed by atoms with Crippen LogP contribution in [0.15, 0.2) is 12.3 Å². The molecule has 0 rings (SSSR count). The molecule has 0 radical (unpaired) electrons. The predicted octanol–water partition coefficient (Wildman–Crippen LogP) is -2.39. The van der Waals surface area contributed by atoms with Gasteiger partial charge in [0.2, 0.25) is 0 Å². The van der Waals surface area contributed by atoms with Gasteiger partial charge in [0.15, 0.2) is 0 Å². The fraction of sp³-hybridized carbons (Fsp3) is 0. The largest absolute Gasteiger partial charge is 0.872 e. The molecule has 0 fully saturated rings. The van der Waals surface area contributed by atoms with Crippen LogP contribution >= 0.6 is 0 Å². The van der Waals surface area contributed by atoms with Crippen LogP contribution in [0.1, 0.15) is 0 Å². The summed E-state index contributed by atoms with van der Waals surface area (Å²) in [5, 5.41) is 18.5. The molecule has 0 aliphatic rings. The molecule has 3 heteroatoms. The first-order valence-electron chi connectivity index (χ1n) is 1.22. The van der Waals surface area contributed by atoms with Gasteiger partial charge in [-0.3, -0.25) is 0 Å². The maximum absolute atomic E-state index is 9.37. The highest BCUT2D eigenvalue weighted by Crippen LogP contribution is 1.63. The molecule has 0 saturated carbocycles. The lowest BCUT2D eigenvalue weighted by molar-refractivity contribution is -0.353. The lowest BCUT2D eigenvalue weighted by Crippen LogP contribution is -2.29. The average molecular weight is 86.0 g/mol. The molecule has 0 unspecified atom stereocenters. The molecule has 6 heavy (non-hydrogen) atoms. The Balaban J connectivity index is 3.57. The van der Waals surface area contributed by atoms with Gasteiger partial charge in [0, 0.05) is 0 Å². The minimum atomic E-state index is -1.74. The minimum Gasteiger partial charge on any atom is -0.872 e. The van der Waals surface area contributed by atoms with E-state index in [2.05, 4.69) is 6.58 Å². The third-order valence-electron chi connectivity index (χ3n) is 0.228. The van der Waals surface area contributed by atoms with Crippen molar-refractivity contribution in [3.05, 3.63) is 12.3 Å². The van der Waals surface area contributed by atoms with Gasteiger partial charge in [0.25, 0.3) is 0 Å². The first kappa shape index (κ1) is 5.01. The summed E-state index contributed by atoms with van der Waals surface area (Å²) in [5.41, 5.74) is 0. The SMILES string of the molecule is C=C([O-])C(=O)[O-]. The summed E-state index contributed by atoms with van der Waals surface area (Å²) in [6.07, 6.45) is 0. The molecule has 3 nitrogen and oxygen atoms in total. The van der Waals surface area contributed by atoms with Crippen LogP contribution in [0.3, 0.4) is 0 Å². The van der Waals surface area contributed by atoms with Crippen LogP contribution in [-0.4, -0.2) is 5.97 Å². The van der Waals surface area contributed by atoms with E-state index in [9.17, 15) is 15.0 Å². The van der Waals surface area contributed by atoms with Gasteiger partial charge in [-0.2, -0.15) is 0 Å². The monoisotopic (exact) mass is 86.0 g/mol. The van der Waals surface area contributed by atoms with E-state index in [1.54, 1.807) is 0 Å². The highest BCUT2D eigenvalue weighted by atomic mass is 16.4. The van der Waals surface area contributed by atoms with Crippen LogP contribution in [-0.2, 0) is 4.79 Å². The standard InChI is InChI=1S/C3H4O3/c1-2(4)3(5)6/h4H,1H2,(H,5,6)/p-2. The summed E-state index contributed by atoms with van der Waals surface area (Å²) >= 11 is 0. The predicted molar refractivity (Wildman–Crippen MR) is 14.1 cm³/mol. The van der Waals surface area contributed by atoms with E-state index in [0.717, 1.165) is 0 Å². The van der Waals surface area contributed by atoms with Gasteiger partial charge < -0.3 is 15.0 Å². The van der Waals surface area contributed by atoms with Gasteiger partial charge in [0.1, 0.15) is 0 Å². The fourth-order valence-electron chi connectivity index (χ4n) is 0. The lowest BCUT2D eigenvalue weighted by Gasteiger charge is -2.07. The molecule has 0 aliphatic carbocycles. The van der Waals surface area contributed by atoms with Gasteiger partial charge >= 0.3 is 0 Å². The van der Waals surface area contributed by atoms with Crippen molar-refractivity contribution in [2.75, 3.05) is 0 Å². The number of rotatable bonds is 1. The van der Waals surface area contributed by atoms with E-state index in [1.807, 2.05) is 0 Å². The Morgan fingerprint density at radius 2 is 1.67 bits per heavy atom. The zero-order valence-electron chi connectivity index (χ0n) is 2.93. The summed E-state index contributed by atoms with van der Waals surface area (Å²) in [6.45, 7) is 2.54. The maximum Gasteiger partial charge on any atom is 0.0558 e. The number of hydrogen-bond donors (Lipinski definition) is 0. The summed E-state index contributed by atoms with van der Waals surface area (Å²) in [7, 11) is 0. The molecule has 0 aromatic carbocycles. The van der Waals surface area contributed by atoms with Crippen molar-refractivity contribution in [2.45, 2.75) is 0 Å². The molecule has 0 amide bonds. The summed E-state index contributed by atoms with van der Waals surface area (Å²) in [6, 6.07) is 0. The van der Waals surface area contributed by atoms with E-state index < -0.39 is 11.7 Å². The normalized spacial score (nSPS) is 7.33. The number of carbonyl (C=O) groups is 1. The Bertz CT molecular complexity index is 72.0. The van der Waals surface area contributed by atoms with E-state index in [0.29, 0.717) is 0 Å². The first-order chi connectivity index (χ1) is 2.64. The van der Waals surface area contributed by atoms with Crippen molar-refractivity contribution >= 4 is 5.97 Å². The molecule has 0 N–H and O–H groups in total. The van der Waals surface area contributed by atoms with Gasteiger partial charge in [-0.15, -0.1) is 6.58 Å². The van der Waals surface area contributed by atoms with E-state index in [4.69, 9.17) is 0 Å². The number of carboxylic acids is 1. The molecule has 0 atom stereocenters. The lowest BCUT2D eigenvalue weighted by atomic mass is 10.6. The molecule has 0 saturated heterocycles. The van der Waals surface area contributed by atoms with Crippen LogP contribution in [0.25, 0.3) is 0 Å². The molecule has 0 aromatic rings. The number of carbonyl (C=O) groups excluding carboxylic acids is 1. The third-order valence-corrected chi connectivity index (χ3v) is 0.228. The second kappa shape index (κ2) is 1.45.